The Kier molecular flexibility index (Phi) is 5.31. The highest BCUT2D eigenvalue weighted by Gasteiger charge is 2.17. The predicted octanol–water partition coefficient (Wildman–Crippen LogP) is 4.17. The van der Waals surface area contributed by atoms with Gasteiger partial charge in [0.05, 0.1) is 33.6 Å². The summed E-state index contributed by atoms with van der Waals surface area (Å²) in [5, 5.41) is 7.36. The molecule has 0 saturated heterocycles. The maximum atomic E-state index is 5.50. The maximum absolute atomic E-state index is 5.50. The number of ether oxygens (including phenoxy) is 4. The molecule has 1 heterocycles. The number of benzene rings is 2. The molecule has 1 N–H and O–H groups in total. The lowest BCUT2D eigenvalue weighted by Gasteiger charge is -2.14. The molecule has 0 radical (unpaired) electrons. The number of hydrogen-bond acceptors (Lipinski definition) is 5. The van der Waals surface area contributed by atoms with Crippen molar-refractivity contribution < 1.29 is 18.9 Å². The van der Waals surface area contributed by atoms with Crippen LogP contribution in [0.5, 0.6) is 23.0 Å². The molecular formula is C20H22N2O4. The molecule has 3 aromatic rings. The van der Waals surface area contributed by atoms with Crippen LogP contribution in [-0.2, 0) is 0 Å². The third-order valence-electron chi connectivity index (χ3n) is 4.05. The largest absolute Gasteiger partial charge is 0.494 e. The van der Waals surface area contributed by atoms with Crippen molar-refractivity contribution in [1.82, 2.24) is 10.2 Å². The van der Waals surface area contributed by atoms with Crippen molar-refractivity contribution in [3.05, 3.63) is 42.6 Å². The van der Waals surface area contributed by atoms with Crippen molar-refractivity contribution in [2.75, 3.05) is 27.9 Å². The van der Waals surface area contributed by atoms with E-state index < -0.39 is 0 Å². The zero-order valence-electron chi connectivity index (χ0n) is 15.3. The van der Waals surface area contributed by atoms with E-state index in [1.165, 1.54) is 0 Å². The van der Waals surface area contributed by atoms with Gasteiger partial charge < -0.3 is 18.9 Å². The average molecular weight is 354 g/mol. The minimum Gasteiger partial charge on any atom is -0.494 e. The summed E-state index contributed by atoms with van der Waals surface area (Å²) in [6, 6.07) is 11.7. The second kappa shape index (κ2) is 7.82. The lowest BCUT2D eigenvalue weighted by molar-refractivity contribution is 0.324. The van der Waals surface area contributed by atoms with Gasteiger partial charge in [0.1, 0.15) is 5.75 Å². The second-order valence-electron chi connectivity index (χ2n) is 5.52. The predicted molar refractivity (Wildman–Crippen MR) is 100 cm³/mol. The Hall–Kier alpha value is -3.15. The molecule has 26 heavy (non-hydrogen) atoms. The minimum absolute atomic E-state index is 0.560. The van der Waals surface area contributed by atoms with Gasteiger partial charge in [-0.25, -0.2) is 0 Å². The van der Waals surface area contributed by atoms with E-state index >= 15 is 0 Å². The van der Waals surface area contributed by atoms with Gasteiger partial charge >= 0.3 is 0 Å². The van der Waals surface area contributed by atoms with Crippen molar-refractivity contribution in [1.29, 1.82) is 0 Å². The van der Waals surface area contributed by atoms with Gasteiger partial charge in [0.25, 0.3) is 0 Å². The fraction of sp³-hybridized carbons (Fsp3) is 0.250. The number of hydrogen-bond donors (Lipinski definition) is 1. The summed E-state index contributed by atoms with van der Waals surface area (Å²) in [6.07, 6.45) is 1.85. The summed E-state index contributed by atoms with van der Waals surface area (Å²) in [5.74, 6) is 2.59. The topological polar surface area (TPSA) is 65.6 Å². The molecule has 6 nitrogen and oxygen atoms in total. The van der Waals surface area contributed by atoms with E-state index in [0.29, 0.717) is 23.9 Å². The first kappa shape index (κ1) is 17.7. The van der Waals surface area contributed by atoms with Crippen LogP contribution in [0.2, 0.25) is 0 Å². The van der Waals surface area contributed by atoms with E-state index in [4.69, 9.17) is 18.9 Å². The van der Waals surface area contributed by atoms with Crippen LogP contribution >= 0.6 is 0 Å². The fourth-order valence-corrected chi connectivity index (χ4v) is 2.84. The molecule has 0 unspecified atom stereocenters. The third kappa shape index (κ3) is 3.31. The van der Waals surface area contributed by atoms with E-state index in [1.54, 1.807) is 21.3 Å². The Bertz CT molecular complexity index is 847. The van der Waals surface area contributed by atoms with E-state index in [0.717, 1.165) is 28.1 Å². The monoisotopic (exact) mass is 354 g/mol. The first-order valence-electron chi connectivity index (χ1n) is 8.29. The summed E-state index contributed by atoms with van der Waals surface area (Å²) in [6.45, 7) is 2.60. The zero-order valence-corrected chi connectivity index (χ0v) is 15.3. The van der Waals surface area contributed by atoms with E-state index in [-0.39, 0.29) is 0 Å². The van der Waals surface area contributed by atoms with Gasteiger partial charge in [-0.15, -0.1) is 0 Å². The number of nitrogens with one attached hydrogen (secondary N) is 1. The fourth-order valence-electron chi connectivity index (χ4n) is 2.84. The number of aromatic amines is 1. The van der Waals surface area contributed by atoms with Gasteiger partial charge in [-0.1, -0.05) is 0 Å². The van der Waals surface area contributed by atoms with Crippen molar-refractivity contribution in [3.8, 4) is 45.4 Å². The summed E-state index contributed by atoms with van der Waals surface area (Å²) in [4.78, 5) is 0. The molecule has 0 atom stereocenters. The Morgan fingerprint density at radius 1 is 0.885 bits per heavy atom. The van der Waals surface area contributed by atoms with Gasteiger partial charge in [0.15, 0.2) is 11.5 Å². The Morgan fingerprint density at radius 2 is 1.54 bits per heavy atom. The molecule has 0 aliphatic heterocycles. The Morgan fingerprint density at radius 3 is 2.08 bits per heavy atom. The minimum atomic E-state index is 0.560. The van der Waals surface area contributed by atoms with Crippen LogP contribution < -0.4 is 18.9 Å². The lowest BCUT2D eigenvalue weighted by Crippen LogP contribution is -1.96. The van der Waals surface area contributed by atoms with Crippen molar-refractivity contribution >= 4 is 0 Å². The highest BCUT2D eigenvalue weighted by molar-refractivity contribution is 5.82. The highest BCUT2D eigenvalue weighted by Crippen LogP contribution is 2.42. The molecular weight excluding hydrogens is 332 g/mol. The van der Waals surface area contributed by atoms with Crippen LogP contribution in [0.25, 0.3) is 22.4 Å². The summed E-state index contributed by atoms with van der Waals surface area (Å²) >= 11 is 0. The van der Waals surface area contributed by atoms with Gasteiger partial charge in [-0.3, -0.25) is 5.10 Å². The molecule has 0 bridgehead atoms. The summed E-state index contributed by atoms with van der Waals surface area (Å²) < 4.78 is 21.8. The van der Waals surface area contributed by atoms with E-state index in [9.17, 15) is 0 Å². The van der Waals surface area contributed by atoms with Crippen LogP contribution in [0, 0.1) is 0 Å². The second-order valence-corrected chi connectivity index (χ2v) is 5.52. The number of nitrogens with zero attached hydrogens (tertiary/aromatic N) is 1. The number of methoxy groups -OCH3 is 3. The van der Waals surface area contributed by atoms with Crippen LogP contribution in [0.1, 0.15) is 6.92 Å². The lowest BCUT2D eigenvalue weighted by atomic mass is 10.0. The first-order valence-corrected chi connectivity index (χ1v) is 8.29. The number of H-pyrrole nitrogens is 1. The first-order chi connectivity index (χ1) is 12.7. The summed E-state index contributed by atoms with van der Waals surface area (Å²) in [7, 11) is 4.79. The van der Waals surface area contributed by atoms with E-state index in [2.05, 4.69) is 10.2 Å². The van der Waals surface area contributed by atoms with Crippen molar-refractivity contribution in [2.45, 2.75) is 6.92 Å². The Balaban J connectivity index is 2.05. The molecule has 1 aromatic heterocycles. The van der Waals surface area contributed by atoms with Gasteiger partial charge in [0.2, 0.25) is 5.75 Å². The third-order valence-corrected chi connectivity index (χ3v) is 4.05. The molecule has 0 aliphatic rings. The standard InChI is InChI=1S/C20H22N2O4/c1-5-26-15-8-6-13(7-9-15)19-16(12-21-22-19)14-10-17(23-2)20(25-4)18(11-14)24-3/h6-12H,5H2,1-4H3,(H,21,22). The molecule has 0 saturated carbocycles. The molecule has 2 aromatic carbocycles. The SMILES string of the molecule is CCOc1ccc(-c2n[nH]cc2-c2cc(OC)c(OC)c(OC)c2)cc1. The molecule has 0 amide bonds. The quantitative estimate of drug-likeness (QED) is 0.690. The van der Waals surface area contributed by atoms with Gasteiger partial charge in [-0.2, -0.15) is 5.10 Å². The Labute approximate surface area is 152 Å². The molecule has 6 heteroatoms. The van der Waals surface area contributed by atoms with Crippen molar-refractivity contribution in [3.63, 3.8) is 0 Å². The molecule has 0 aliphatic carbocycles. The maximum Gasteiger partial charge on any atom is 0.203 e. The van der Waals surface area contributed by atoms with E-state index in [1.807, 2.05) is 49.5 Å². The van der Waals surface area contributed by atoms with Crippen LogP contribution in [0.15, 0.2) is 42.6 Å². The normalized spacial score (nSPS) is 10.5. The molecule has 0 fully saturated rings. The van der Waals surface area contributed by atoms with Gasteiger partial charge in [0, 0.05) is 17.3 Å². The zero-order chi connectivity index (χ0) is 18.5. The molecule has 0 spiro atoms. The van der Waals surface area contributed by atoms with Crippen LogP contribution in [0.3, 0.4) is 0 Å². The van der Waals surface area contributed by atoms with Crippen molar-refractivity contribution in [2.24, 2.45) is 0 Å². The van der Waals surface area contributed by atoms with Gasteiger partial charge in [-0.05, 0) is 48.9 Å². The molecule has 3 rings (SSSR count). The number of rotatable bonds is 7. The average Bonchev–Trinajstić information content (AvgIpc) is 3.17. The smallest absolute Gasteiger partial charge is 0.203 e. The van der Waals surface area contributed by atoms with Crippen LogP contribution in [-0.4, -0.2) is 38.1 Å². The highest BCUT2D eigenvalue weighted by atomic mass is 16.5. The van der Waals surface area contributed by atoms with Crippen LogP contribution in [0.4, 0.5) is 0 Å². The number of aromatic nitrogens is 2. The summed E-state index contributed by atoms with van der Waals surface area (Å²) in [5.41, 5.74) is 3.67. The molecule has 136 valence electrons.